The van der Waals surface area contributed by atoms with Gasteiger partial charge in [0.05, 0.1) is 11.6 Å². The fourth-order valence-corrected chi connectivity index (χ4v) is 3.66. The first kappa shape index (κ1) is 18.7. The Hall–Kier alpha value is -0.370. The van der Waals surface area contributed by atoms with E-state index < -0.39 is 10.0 Å². The van der Waals surface area contributed by atoms with Gasteiger partial charge in [0, 0.05) is 25.3 Å². The highest BCUT2D eigenvalue weighted by Gasteiger charge is 2.19. The van der Waals surface area contributed by atoms with E-state index in [0.29, 0.717) is 25.1 Å². The minimum absolute atomic E-state index is 0.0316. The normalized spacial score (nSPS) is 11.8. The first-order valence-electron chi connectivity index (χ1n) is 6.49. The molecule has 21 heavy (non-hydrogen) atoms. The molecule has 0 saturated heterocycles. The highest BCUT2D eigenvalue weighted by atomic mass is 35.5. The Morgan fingerprint density at radius 3 is 2.52 bits per heavy atom. The van der Waals surface area contributed by atoms with Crippen LogP contribution in [-0.2, 0) is 21.4 Å². The maximum absolute atomic E-state index is 12.2. The zero-order valence-electron chi connectivity index (χ0n) is 11.7. The molecule has 0 saturated carbocycles. The summed E-state index contributed by atoms with van der Waals surface area (Å²) in [6.45, 7) is 0.630. The molecule has 0 bridgehead atoms. The monoisotopic (exact) mass is 355 g/mol. The second kappa shape index (κ2) is 8.92. The van der Waals surface area contributed by atoms with E-state index in [1.54, 1.807) is 7.11 Å². The number of rotatable bonds is 9. The standard InChI is InChI=1S/C13H19Cl2NO4S/c1-20-6-4-2-3-5-16-21(18,19)13-7-10(9-17)11(14)8-12(13)15/h7-8,16-17H,2-6,9H2,1H3. The average molecular weight is 356 g/mol. The number of aliphatic hydroxyl groups is 1. The van der Waals surface area contributed by atoms with Crippen molar-refractivity contribution in [1.29, 1.82) is 0 Å². The molecular formula is C13H19Cl2NO4S. The van der Waals surface area contributed by atoms with Crippen LogP contribution in [-0.4, -0.2) is 33.8 Å². The van der Waals surface area contributed by atoms with Gasteiger partial charge in [-0.3, -0.25) is 0 Å². The number of hydrogen-bond acceptors (Lipinski definition) is 4. The van der Waals surface area contributed by atoms with Gasteiger partial charge in [0.1, 0.15) is 4.90 Å². The third-order valence-corrected chi connectivity index (χ3v) is 5.16. The van der Waals surface area contributed by atoms with Gasteiger partial charge in [-0.2, -0.15) is 0 Å². The lowest BCUT2D eigenvalue weighted by atomic mass is 10.2. The van der Waals surface area contributed by atoms with Crippen molar-refractivity contribution >= 4 is 33.2 Å². The van der Waals surface area contributed by atoms with Gasteiger partial charge in [0.25, 0.3) is 0 Å². The molecule has 120 valence electrons. The number of methoxy groups -OCH3 is 1. The summed E-state index contributed by atoms with van der Waals surface area (Å²) in [5.74, 6) is 0. The van der Waals surface area contributed by atoms with Crippen LogP contribution in [0.1, 0.15) is 24.8 Å². The maximum atomic E-state index is 12.2. The van der Waals surface area contributed by atoms with E-state index >= 15 is 0 Å². The summed E-state index contributed by atoms with van der Waals surface area (Å²) >= 11 is 11.8. The first-order valence-corrected chi connectivity index (χ1v) is 8.73. The fourth-order valence-electron chi connectivity index (χ4n) is 1.73. The summed E-state index contributed by atoms with van der Waals surface area (Å²) in [7, 11) is -2.09. The summed E-state index contributed by atoms with van der Waals surface area (Å²) in [4.78, 5) is -0.0745. The molecule has 0 heterocycles. The van der Waals surface area contributed by atoms with E-state index in [-0.39, 0.29) is 21.5 Å². The van der Waals surface area contributed by atoms with Crippen LogP contribution in [0.15, 0.2) is 17.0 Å². The summed E-state index contributed by atoms with van der Waals surface area (Å²) in [5.41, 5.74) is 0.321. The second-order valence-corrected chi connectivity index (χ2v) is 7.03. The number of ether oxygens (including phenoxy) is 1. The van der Waals surface area contributed by atoms with E-state index in [0.717, 1.165) is 12.8 Å². The number of nitrogens with one attached hydrogen (secondary N) is 1. The van der Waals surface area contributed by atoms with Crippen molar-refractivity contribution in [3.63, 3.8) is 0 Å². The molecular weight excluding hydrogens is 337 g/mol. The Bertz CT molecular complexity index is 564. The minimum atomic E-state index is -3.72. The topological polar surface area (TPSA) is 75.6 Å². The summed E-state index contributed by atoms with van der Waals surface area (Å²) in [6, 6.07) is 2.61. The molecule has 0 unspecified atom stereocenters. The molecule has 0 aliphatic carbocycles. The predicted molar refractivity (Wildman–Crippen MR) is 83.3 cm³/mol. The highest BCUT2D eigenvalue weighted by molar-refractivity contribution is 7.89. The largest absolute Gasteiger partial charge is 0.392 e. The third kappa shape index (κ3) is 5.73. The number of hydrogen-bond donors (Lipinski definition) is 2. The van der Waals surface area contributed by atoms with Crippen molar-refractivity contribution in [3.05, 3.63) is 27.7 Å². The Morgan fingerprint density at radius 1 is 1.19 bits per heavy atom. The lowest BCUT2D eigenvalue weighted by molar-refractivity contribution is 0.192. The van der Waals surface area contributed by atoms with Crippen molar-refractivity contribution in [2.45, 2.75) is 30.8 Å². The Kier molecular flexibility index (Phi) is 7.94. The van der Waals surface area contributed by atoms with Gasteiger partial charge < -0.3 is 9.84 Å². The van der Waals surface area contributed by atoms with Gasteiger partial charge in [-0.05, 0) is 37.0 Å². The predicted octanol–water partition coefficient (Wildman–Crippen LogP) is 2.58. The average Bonchev–Trinajstić information content (AvgIpc) is 2.42. The van der Waals surface area contributed by atoms with Crippen LogP contribution < -0.4 is 4.72 Å². The Labute approximate surface area is 135 Å². The van der Waals surface area contributed by atoms with Crippen molar-refractivity contribution in [3.8, 4) is 0 Å². The summed E-state index contributed by atoms with van der Waals surface area (Å²) < 4.78 is 31.8. The van der Waals surface area contributed by atoms with Crippen molar-refractivity contribution in [2.24, 2.45) is 0 Å². The van der Waals surface area contributed by atoms with Gasteiger partial charge in [-0.25, -0.2) is 13.1 Å². The number of aliphatic hydroxyl groups excluding tert-OH is 1. The molecule has 0 fully saturated rings. The number of halogens is 2. The van der Waals surface area contributed by atoms with E-state index in [1.807, 2.05) is 0 Å². The minimum Gasteiger partial charge on any atom is -0.392 e. The molecule has 0 spiro atoms. The molecule has 1 aromatic rings. The van der Waals surface area contributed by atoms with Crippen molar-refractivity contribution < 1.29 is 18.3 Å². The van der Waals surface area contributed by atoms with Gasteiger partial charge >= 0.3 is 0 Å². The quantitative estimate of drug-likeness (QED) is 0.667. The second-order valence-electron chi connectivity index (χ2n) is 4.48. The molecule has 1 aromatic carbocycles. The fraction of sp³-hybridized carbons (Fsp3) is 0.538. The summed E-state index contributed by atoms with van der Waals surface area (Å²) in [5, 5.41) is 9.41. The first-order chi connectivity index (χ1) is 9.92. The third-order valence-electron chi connectivity index (χ3n) is 2.88. The van der Waals surface area contributed by atoms with Crippen LogP contribution in [0.3, 0.4) is 0 Å². The molecule has 5 nitrogen and oxygen atoms in total. The molecule has 0 aliphatic heterocycles. The van der Waals surface area contributed by atoms with Crippen molar-refractivity contribution in [2.75, 3.05) is 20.3 Å². The molecule has 1 rings (SSSR count). The van der Waals surface area contributed by atoms with Crippen LogP contribution in [0.2, 0.25) is 10.0 Å². The van der Waals surface area contributed by atoms with Crippen LogP contribution in [0.5, 0.6) is 0 Å². The zero-order chi connectivity index (χ0) is 15.9. The SMILES string of the molecule is COCCCCCNS(=O)(=O)c1cc(CO)c(Cl)cc1Cl. The van der Waals surface area contributed by atoms with Gasteiger partial charge in [-0.1, -0.05) is 23.2 Å². The lowest BCUT2D eigenvalue weighted by Crippen LogP contribution is -2.25. The van der Waals surface area contributed by atoms with Crippen LogP contribution in [0, 0.1) is 0 Å². The van der Waals surface area contributed by atoms with E-state index in [2.05, 4.69) is 4.72 Å². The molecule has 2 N–H and O–H groups in total. The van der Waals surface area contributed by atoms with Gasteiger partial charge in [-0.15, -0.1) is 0 Å². The number of benzene rings is 1. The smallest absolute Gasteiger partial charge is 0.242 e. The van der Waals surface area contributed by atoms with Crippen LogP contribution in [0.4, 0.5) is 0 Å². The number of sulfonamides is 1. The Balaban J connectivity index is 2.70. The van der Waals surface area contributed by atoms with E-state index in [1.165, 1.54) is 12.1 Å². The molecule has 0 amide bonds. The molecule has 8 heteroatoms. The molecule has 0 atom stereocenters. The number of unbranched alkanes of at least 4 members (excludes halogenated alkanes) is 2. The Morgan fingerprint density at radius 2 is 1.90 bits per heavy atom. The van der Waals surface area contributed by atoms with Gasteiger partial charge in [0.2, 0.25) is 10.0 Å². The van der Waals surface area contributed by atoms with Crippen LogP contribution in [0.25, 0.3) is 0 Å². The highest BCUT2D eigenvalue weighted by Crippen LogP contribution is 2.28. The van der Waals surface area contributed by atoms with E-state index in [4.69, 9.17) is 33.0 Å². The molecule has 0 aliphatic rings. The van der Waals surface area contributed by atoms with E-state index in [9.17, 15) is 8.42 Å². The molecule has 0 radical (unpaired) electrons. The molecule has 0 aromatic heterocycles. The van der Waals surface area contributed by atoms with Crippen molar-refractivity contribution in [1.82, 2.24) is 4.72 Å². The summed E-state index contributed by atoms with van der Waals surface area (Å²) in [6.07, 6.45) is 2.46. The van der Waals surface area contributed by atoms with Crippen LogP contribution >= 0.6 is 23.2 Å². The zero-order valence-corrected chi connectivity index (χ0v) is 14.1. The van der Waals surface area contributed by atoms with Gasteiger partial charge in [0.15, 0.2) is 0 Å². The lowest BCUT2D eigenvalue weighted by Gasteiger charge is -2.10. The maximum Gasteiger partial charge on any atom is 0.242 e.